The third-order valence-electron chi connectivity index (χ3n) is 5.19. The lowest BCUT2D eigenvalue weighted by molar-refractivity contribution is -0.132. The standard InChI is InChI=1S/C22H29N3O5S/c1-17(2)25(16-19-5-4-8-23-15-19)22(26)14-18-6-7-20(29-3)21(13-18)31(27,28)24-9-11-30-12-10-24/h4-8,13,15,17H,9-12,14,16H2,1-3H3. The number of benzene rings is 1. The Labute approximate surface area is 183 Å². The molecule has 0 saturated carbocycles. The number of carbonyl (C=O) groups excluding carboxylic acids is 1. The number of carbonyl (C=O) groups is 1. The Morgan fingerprint density at radius 3 is 2.58 bits per heavy atom. The Hall–Kier alpha value is -2.49. The van der Waals surface area contributed by atoms with Gasteiger partial charge in [0.25, 0.3) is 0 Å². The van der Waals surface area contributed by atoms with Crippen molar-refractivity contribution in [3.8, 4) is 5.75 Å². The zero-order valence-corrected chi connectivity index (χ0v) is 19.0. The molecule has 0 radical (unpaired) electrons. The number of hydrogen-bond acceptors (Lipinski definition) is 6. The number of sulfonamides is 1. The second-order valence-corrected chi connectivity index (χ2v) is 9.56. The Kier molecular flexibility index (Phi) is 7.64. The molecule has 1 aromatic carbocycles. The summed E-state index contributed by atoms with van der Waals surface area (Å²) in [5.41, 5.74) is 1.56. The summed E-state index contributed by atoms with van der Waals surface area (Å²) in [5.74, 6) is 0.178. The second kappa shape index (κ2) is 10.2. The lowest BCUT2D eigenvalue weighted by atomic mass is 10.1. The van der Waals surface area contributed by atoms with Crippen LogP contribution in [0.25, 0.3) is 0 Å². The summed E-state index contributed by atoms with van der Waals surface area (Å²) in [7, 11) is -2.32. The van der Waals surface area contributed by atoms with E-state index in [9.17, 15) is 13.2 Å². The van der Waals surface area contributed by atoms with Gasteiger partial charge in [-0.2, -0.15) is 4.31 Å². The van der Waals surface area contributed by atoms with E-state index in [1.165, 1.54) is 11.4 Å². The Morgan fingerprint density at radius 2 is 1.97 bits per heavy atom. The molecule has 0 aliphatic carbocycles. The van der Waals surface area contributed by atoms with E-state index in [1.807, 2.05) is 26.0 Å². The molecule has 8 nitrogen and oxygen atoms in total. The van der Waals surface area contributed by atoms with Crippen molar-refractivity contribution in [3.05, 3.63) is 53.9 Å². The van der Waals surface area contributed by atoms with Crippen LogP contribution in [0.2, 0.25) is 0 Å². The van der Waals surface area contributed by atoms with Crippen molar-refractivity contribution in [2.24, 2.45) is 0 Å². The van der Waals surface area contributed by atoms with Crippen LogP contribution in [0.4, 0.5) is 0 Å². The van der Waals surface area contributed by atoms with E-state index in [1.54, 1.807) is 35.5 Å². The van der Waals surface area contributed by atoms with Gasteiger partial charge in [-0.25, -0.2) is 8.42 Å². The number of pyridine rings is 1. The summed E-state index contributed by atoms with van der Waals surface area (Å²) in [6, 6.07) is 8.64. The van der Waals surface area contributed by atoms with Crippen LogP contribution in [0, 0.1) is 0 Å². The van der Waals surface area contributed by atoms with Gasteiger partial charge in [0, 0.05) is 38.1 Å². The number of amides is 1. The van der Waals surface area contributed by atoms with E-state index in [-0.39, 0.29) is 29.0 Å². The lowest BCUT2D eigenvalue weighted by Gasteiger charge is -2.28. The maximum atomic E-state index is 13.2. The largest absolute Gasteiger partial charge is 0.495 e. The molecule has 0 spiro atoms. The molecule has 31 heavy (non-hydrogen) atoms. The summed E-state index contributed by atoms with van der Waals surface area (Å²) in [4.78, 5) is 19.0. The van der Waals surface area contributed by atoms with E-state index in [2.05, 4.69) is 4.98 Å². The molecule has 9 heteroatoms. The van der Waals surface area contributed by atoms with Crippen molar-refractivity contribution >= 4 is 15.9 Å². The molecular weight excluding hydrogens is 418 g/mol. The number of hydrogen-bond donors (Lipinski definition) is 0. The van der Waals surface area contributed by atoms with Crippen LogP contribution in [-0.4, -0.2) is 68.0 Å². The highest BCUT2D eigenvalue weighted by Gasteiger charge is 2.30. The molecular formula is C22H29N3O5S. The average Bonchev–Trinajstić information content (AvgIpc) is 2.78. The average molecular weight is 448 g/mol. The molecule has 1 amide bonds. The third-order valence-corrected chi connectivity index (χ3v) is 7.11. The molecule has 0 N–H and O–H groups in total. The molecule has 2 aromatic rings. The van der Waals surface area contributed by atoms with E-state index >= 15 is 0 Å². The van der Waals surface area contributed by atoms with Gasteiger partial charge in [0.1, 0.15) is 10.6 Å². The van der Waals surface area contributed by atoms with Crippen LogP contribution in [0.15, 0.2) is 47.6 Å². The fourth-order valence-electron chi connectivity index (χ4n) is 3.48. The minimum atomic E-state index is -3.75. The first kappa shape index (κ1) is 23.2. The minimum absolute atomic E-state index is 0.0116. The molecule has 3 rings (SSSR count). The van der Waals surface area contributed by atoms with Gasteiger partial charge in [-0.05, 0) is 43.2 Å². The molecule has 2 heterocycles. The lowest BCUT2D eigenvalue weighted by Crippen LogP contribution is -2.40. The summed E-state index contributed by atoms with van der Waals surface area (Å²) in [6.45, 7) is 5.66. The Bertz CT molecular complexity index is 989. The van der Waals surface area contributed by atoms with Crippen LogP contribution >= 0.6 is 0 Å². The van der Waals surface area contributed by atoms with Crippen molar-refractivity contribution in [1.82, 2.24) is 14.2 Å². The topological polar surface area (TPSA) is 89.0 Å². The van der Waals surface area contributed by atoms with Crippen molar-refractivity contribution in [3.63, 3.8) is 0 Å². The van der Waals surface area contributed by atoms with Gasteiger partial charge in [-0.1, -0.05) is 12.1 Å². The van der Waals surface area contributed by atoms with E-state index in [0.29, 0.717) is 38.4 Å². The Morgan fingerprint density at radius 1 is 1.23 bits per heavy atom. The maximum absolute atomic E-state index is 13.2. The van der Waals surface area contributed by atoms with Gasteiger partial charge in [0.05, 0.1) is 26.7 Å². The molecule has 1 saturated heterocycles. The number of methoxy groups -OCH3 is 1. The summed E-state index contributed by atoms with van der Waals surface area (Å²) in [6.07, 6.45) is 3.52. The zero-order valence-electron chi connectivity index (χ0n) is 18.2. The van der Waals surface area contributed by atoms with Gasteiger partial charge >= 0.3 is 0 Å². The highest BCUT2D eigenvalue weighted by atomic mass is 32.2. The van der Waals surface area contributed by atoms with Gasteiger partial charge in [0.2, 0.25) is 15.9 Å². The summed E-state index contributed by atoms with van der Waals surface area (Å²) < 4.78 is 38.3. The molecule has 1 aromatic heterocycles. The first-order valence-electron chi connectivity index (χ1n) is 10.3. The molecule has 1 aliphatic heterocycles. The smallest absolute Gasteiger partial charge is 0.246 e. The van der Waals surface area contributed by atoms with Crippen molar-refractivity contribution in [1.29, 1.82) is 0 Å². The molecule has 0 bridgehead atoms. The van der Waals surface area contributed by atoms with Crippen LogP contribution in [0.3, 0.4) is 0 Å². The highest BCUT2D eigenvalue weighted by Crippen LogP contribution is 2.29. The third kappa shape index (κ3) is 5.61. The first-order valence-corrected chi connectivity index (χ1v) is 11.7. The highest BCUT2D eigenvalue weighted by molar-refractivity contribution is 7.89. The van der Waals surface area contributed by atoms with E-state index < -0.39 is 10.0 Å². The molecule has 0 atom stereocenters. The number of morpholine rings is 1. The minimum Gasteiger partial charge on any atom is -0.495 e. The van der Waals surface area contributed by atoms with Crippen molar-refractivity contribution < 1.29 is 22.7 Å². The summed E-state index contributed by atoms with van der Waals surface area (Å²) >= 11 is 0. The van der Waals surface area contributed by atoms with Crippen LogP contribution in [0.1, 0.15) is 25.0 Å². The predicted octanol–water partition coefficient (Wildman–Crippen LogP) is 2.09. The van der Waals surface area contributed by atoms with Gasteiger partial charge in [-0.3, -0.25) is 9.78 Å². The van der Waals surface area contributed by atoms with Crippen molar-refractivity contribution in [2.75, 3.05) is 33.4 Å². The SMILES string of the molecule is COc1ccc(CC(=O)N(Cc2cccnc2)C(C)C)cc1S(=O)(=O)N1CCOCC1. The summed E-state index contributed by atoms with van der Waals surface area (Å²) in [5, 5.41) is 0. The van der Waals surface area contributed by atoms with Crippen LogP contribution in [0.5, 0.6) is 5.75 Å². The quantitative estimate of drug-likeness (QED) is 0.616. The fourth-order valence-corrected chi connectivity index (χ4v) is 5.10. The maximum Gasteiger partial charge on any atom is 0.246 e. The monoisotopic (exact) mass is 447 g/mol. The molecule has 1 fully saturated rings. The van der Waals surface area contributed by atoms with Gasteiger partial charge in [-0.15, -0.1) is 0 Å². The fraction of sp³-hybridized carbons (Fsp3) is 0.455. The van der Waals surface area contributed by atoms with Crippen molar-refractivity contribution in [2.45, 2.75) is 37.8 Å². The Balaban J connectivity index is 1.84. The van der Waals surface area contributed by atoms with Crippen LogP contribution < -0.4 is 4.74 Å². The molecule has 0 unspecified atom stereocenters. The predicted molar refractivity (Wildman–Crippen MR) is 116 cm³/mol. The second-order valence-electron chi connectivity index (χ2n) is 7.66. The molecule has 168 valence electrons. The number of nitrogens with zero attached hydrogens (tertiary/aromatic N) is 3. The number of aromatic nitrogens is 1. The zero-order chi connectivity index (χ0) is 22.4. The van der Waals surface area contributed by atoms with Gasteiger partial charge < -0.3 is 14.4 Å². The van der Waals surface area contributed by atoms with Gasteiger partial charge in [0.15, 0.2) is 0 Å². The van der Waals surface area contributed by atoms with E-state index in [0.717, 1.165) is 5.56 Å². The number of ether oxygens (including phenoxy) is 2. The normalized spacial score (nSPS) is 15.1. The number of rotatable bonds is 8. The van der Waals surface area contributed by atoms with E-state index in [4.69, 9.17) is 9.47 Å². The molecule has 1 aliphatic rings. The van der Waals surface area contributed by atoms with Crippen LogP contribution in [-0.2, 0) is 32.5 Å². The first-order chi connectivity index (χ1) is 14.8.